The van der Waals surface area contributed by atoms with Gasteiger partial charge in [0.05, 0.1) is 19.3 Å². The van der Waals surface area contributed by atoms with Crippen molar-refractivity contribution in [2.45, 2.75) is 24.0 Å². The summed E-state index contributed by atoms with van der Waals surface area (Å²) in [6.07, 6.45) is 3.61. The molecule has 4 aromatic rings. The number of hydrogen-bond acceptors (Lipinski definition) is 6. The zero-order chi connectivity index (χ0) is 22.3. The van der Waals surface area contributed by atoms with Gasteiger partial charge < -0.3 is 4.74 Å². The average Bonchev–Trinajstić information content (AvgIpc) is 3.21. The largest absolute Gasteiger partial charge is 0.497 e. The second kappa shape index (κ2) is 10.6. The van der Waals surface area contributed by atoms with E-state index in [4.69, 9.17) is 16.3 Å². The molecule has 0 aliphatic heterocycles. The molecule has 2 heterocycles. The Kier molecular flexibility index (Phi) is 7.42. The first-order valence-electron chi connectivity index (χ1n) is 10.2. The van der Waals surface area contributed by atoms with Gasteiger partial charge in [0.2, 0.25) is 0 Å². The highest BCUT2D eigenvalue weighted by Gasteiger charge is 2.17. The molecular formula is C24H24ClN5OS. The summed E-state index contributed by atoms with van der Waals surface area (Å²) in [5, 5.41) is 10.5. The third-order valence-electron chi connectivity index (χ3n) is 4.91. The molecule has 32 heavy (non-hydrogen) atoms. The van der Waals surface area contributed by atoms with Crippen LogP contribution in [-0.4, -0.2) is 38.8 Å². The van der Waals surface area contributed by atoms with E-state index in [9.17, 15) is 0 Å². The van der Waals surface area contributed by atoms with Gasteiger partial charge in [0.25, 0.3) is 0 Å². The van der Waals surface area contributed by atoms with Crippen LogP contribution in [0.3, 0.4) is 0 Å². The Morgan fingerprint density at radius 2 is 1.75 bits per heavy atom. The summed E-state index contributed by atoms with van der Waals surface area (Å²) in [7, 11) is 3.75. The minimum atomic E-state index is 0.640. The van der Waals surface area contributed by atoms with Gasteiger partial charge in [-0.25, -0.2) is 0 Å². The predicted octanol–water partition coefficient (Wildman–Crippen LogP) is 5.25. The second-order valence-electron chi connectivity index (χ2n) is 7.38. The molecule has 0 bridgehead atoms. The van der Waals surface area contributed by atoms with Crippen molar-refractivity contribution < 1.29 is 4.74 Å². The van der Waals surface area contributed by atoms with Crippen LogP contribution >= 0.6 is 23.4 Å². The average molecular weight is 466 g/mol. The molecule has 0 N–H and O–H groups in total. The fraction of sp³-hybridized carbons (Fsp3) is 0.208. The lowest BCUT2D eigenvalue weighted by molar-refractivity contribution is 0.308. The number of thioether (sulfide) groups is 1. The maximum atomic E-state index is 6.29. The minimum Gasteiger partial charge on any atom is -0.497 e. The molecule has 0 saturated heterocycles. The van der Waals surface area contributed by atoms with Crippen LogP contribution in [-0.2, 0) is 18.8 Å². The highest BCUT2D eigenvalue weighted by molar-refractivity contribution is 7.98. The van der Waals surface area contributed by atoms with Crippen molar-refractivity contribution in [3.05, 3.63) is 95.0 Å². The number of ether oxygens (including phenoxy) is 1. The van der Waals surface area contributed by atoms with E-state index >= 15 is 0 Å². The van der Waals surface area contributed by atoms with Crippen molar-refractivity contribution in [2.75, 3.05) is 14.2 Å². The summed E-state index contributed by atoms with van der Waals surface area (Å²) < 4.78 is 7.34. The summed E-state index contributed by atoms with van der Waals surface area (Å²) in [6, 6.07) is 19.9. The molecule has 0 fully saturated rings. The number of pyridine rings is 1. The summed E-state index contributed by atoms with van der Waals surface area (Å²) in [5.74, 6) is 2.50. The monoisotopic (exact) mass is 465 g/mol. The van der Waals surface area contributed by atoms with Gasteiger partial charge in [0.15, 0.2) is 11.0 Å². The predicted molar refractivity (Wildman–Crippen MR) is 128 cm³/mol. The summed E-state index contributed by atoms with van der Waals surface area (Å²) >= 11 is 7.93. The van der Waals surface area contributed by atoms with Crippen molar-refractivity contribution in [1.29, 1.82) is 0 Å². The van der Waals surface area contributed by atoms with Crippen molar-refractivity contribution in [3.8, 4) is 11.4 Å². The first-order chi connectivity index (χ1) is 15.6. The molecular weight excluding hydrogens is 442 g/mol. The summed E-state index contributed by atoms with van der Waals surface area (Å²) in [5.41, 5.74) is 3.34. The zero-order valence-electron chi connectivity index (χ0n) is 18.0. The number of halogens is 1. The quantitative estimate of drug-likeness (QED) is 0.315. The van der Waals surface area contributed by atoms with E-state index in [1.807, 2.05) is 48.5 Å². The Morgan fingerprint density at radius 3 is 2.47 bits per heavy atom. The third kappa shape index (κ3) is 5.68. The maximum Gasteiger partial charge on any atom is 0.196 e. The van der Waals surface area contributed by atoms with E-state index in [1.165, 1.54) is 11.1 Å². The van der Waals surface area contributed by atoms with Gasteiger partial charge in [-0.05, 0) is 60.6 Å². The number of nitrogens with zero attached hydrogens (tertiary/aromatic N) is 5. The standard InChI is InChI=1S/C24H24ClN5OS/c1-29(15-18-6-8-22(31-2)9-7-18)16-23-27-28-24(32-17-19-10-12-26-13-11-19)30(23)21-5-3-4-20(25)14-21/h3-14H,15-17H2,1-2H3. The lowest BCUT2D eigenvalue weighted by Gasteiger charge is -2.18. The number of hydrogen-bond donors (Lipinski definition) is 0. The van der Waals surface area contributed by atoms with Crippen LogP contribution in [0.4, 0.5) is 0 Å². The van der Waals surface area contributed by atoms with Crippen LogP contribution in [0.15, 0.2) is 78.2 Å². The topological polar surface area (TPSA) is 56.1 Å². The van der Waals surface area contributed by atoms with E-state index in [0.29, 0.717) is 11.6 Å². The molecule has 0 atom stereocenters. The minimum absolute atomic E-state index is 0.640. The summed E-state index contributed by atoms with van der Waals surface area (Å²) in [6.45, 7) is 1.42. The van der Waals surface area contributed by atoms with E-state index in [1.54, 1.807) is 31.3 Å². The van der Waals surface area contributed by atoms with Gasteiger partial charge in [-0.2, -0.15) is 0 Å². The number of rotatable bonds is 9. The van der Waals surface area contributed by atoms with Crippen molar-refractivity contribution in [2.24, 2.45) is 0 Å². The van der Waals surface area contributed by atoms with Gasteiger partial charge >= 0.3 is 0 Å². The molecule has 0 unspecified atom stereocenters. The molecule has 0 aliphatic carbocycles. The Balaban J connectivity index is 1.55. The molecule has 8 heteroatoms. The molecule has 0 saturated carbocycles. The normalized spacial score (nSPS) is 11.1. The molecule has 0 spiro atoms. The number of benzene rings is 2. The summed E-state index contributed by atoms with van der Waals surface area (Å²) in [4.78, 5) is 6.30. The Labute approximate surface area is 197 Å². The smallest absolute Gasteiger partial charge is 0.196 e. The fourth-order valence-corrected chi connectivity index (χ4v) is 4.45. The molecule has 0 radical (unpaired) electrons. The zero-order valence-corrected chi connectivity index (χ0v) is 19.6. The van der Waals surface area contributed by atoms with Crippen LogP contribution in [0, 0.1) is 0 Å². The Bertz CT molecular complexity index is 1150. The van der Waals surface area contributed by atoms with Crippen molar-refractivity contribution in [3.63, 3.8) is 0 Å². The van der Waals surface area contributed by atoms with Gasteiger partial charge in [-0.3, -0.25) is 14.5 Å². The van der Waals surface area contributed by atoms with Crippen molar-refractivity contribution in [1.82, 2.24) is 24.6 Å². The van der Waals surface area contributed by atoms with Crippen LogP contribution in [0.2, 0.25) is 5.02 Å². The lowest BCUT2D eigenvalue weighted by Crippen LogP contribution is -2.20. The van der Waals surface area contributed by atoms with Gasteiger partial charge in [-0.15, -0.1) is 10.2 Å². The van der Waals surface area contributed by atoms with Gasteiger partial charge in [0, 0.05) is 29.7 Å². The third-order valence-corrected chi connectivity index (χ3v) is 6.14. The van der Waals surface area contributed by atoms with Crippen LogP contribution in [0.1, 0.15) is 17.0 Å². The highest BCUT2D eigenvalue weighted by atomic mass is 35.5. The Hall–Kier alpha value is -2.87. The van der Waals surface area contributed by atoms with Gasteiger partial charge in [0.1, 0.15) is 5.75 Å². The number of methoxy groups -OCH3 is 1. The highest BCUT2D eigenvalue weighted by Crippen LogP contribution is 2.27. The first-order valence-corrected chi connectivity index (χ1v) is 11.5. The molecule has 6 nitrogen and oxygen atoms in total. The van der Waals surface area contributed by atoms with E-state index in [2.05, 4.69) is 43.8 Å². The SMILES string of the molecule is COc1ccc(CN(C)Cc2nnc(SCc3ccncc3)n2-c2cccc(Cl)c2)cc1. The van der Waals surface area contributed by atoms with E-state index in [0.717, 1.165) is 34.7 Å². The lowest BCUT2D eigenvalue weighted by atomic mass is 10.2. The molecule has 164 valence electrons. The van der Waals surface area contributed by atoms with E-state index in [-0.39, 0.29) is 0 Å². The first kappa shape index (κ1) is 22.3. The Morgan fingerprint density at radius 1 is 0.969 bits per heavy atom. The van der Waals surface area contributed by atoms with Gasteiger partial charge in [-0.1, -0.05) is 41.6 Å². The second-order valence-corrected chi connectivity index (χ2v) is 8.76. The molecule has 4 rings (SSSR count). The molecule has 2 aromatic heterocycles. The number of aromatic nitrogens is 4. The van der Waals surface area contributed by atoms with Crippen LogP contribution in [0.25, 0.3) is 5.69 Å². The van der Waals surface area contributed by atoms with Crippen LogP contribution in [0.5, 0.6) is 5.75 Å². The molecule has 0 aliphatic rings. The molecule has 0 amide bonds. The van der Waals surface area contributed by atoms with Crippen molar-refractivity contribution >= 4 is 23.4 Å². The maximum absolute atomic E-state index is 6.29. The fourth-order valence-electron chi connectivity index (χ4n) is 3.34. The van der Waals surface area contributed by atoms with Crippen LogP contribution < -0.4 is 4.74 Å². The van der Waals surface area contributed by atoms with E-state index < -0.39 is 0 Å². The molecule has 2 aromatic carbocycles.